The molecule has 1 aliphatic rings. The Morgan fingerprint density at radius 3 is 2.00 bits per heavy atom. The van der Waals surface area contributed by atoms with Gasteiger partial charge in [0.1, 0.15) is 5.75 Å². The monoisotopic (exact) mass is 360 g/mol. The van der Waals surface area contributed by atoms with Crippen molar-refractivity contribution in [2.75, 3.05) is 13.1 Å². The first kappa shape index (κ1) is 20.3. The molecule has 0 spiro atoms. The summed E-state index contributed by atoms with van der Waals surface area (Å²) in [5.41, 5.74) is 6.93. The molecule has 144 valence electrons. The van der Waals surface area contributed by atoms with Crippen LogP contribution in [0, 0.1) is 5.92 Å². The summed E-state index contributed by atoms with van der Waals surface area (Å²) >= 11 is 0. The van der Waals surface area contributed by atoms with Crippen molar-refractivity contribution in [3.05, 3.63) is 28.8 Å². The van der Waals surface area contributed by atoms with E-state index in [0.717, 1.165) is 24.0 Å². The Hall–Kier alpha value is -2.04. The van der Waals surface area contributed by atoms with E-state index in [9.17, 15) is 14.7 Å². The Morgan fingerprint density at radius 2 is 1.58 bits per heavy atom. The smallest absolute Gasteiger partial charge is 0.253 e. The van der Waals surface area contributed by atoms with Crippen LogP contribution in [0.15, 0.2) is 12.1 Å². The molecule has 0 aromatic heterocycles. The maximum Gasteiger partial charge on any atom is 0.253 e. The molecular weight excluding hydrogens is 328 g/mol. The maximum absolute atomic E-state index is 13.1. The Morgan fingerprint density at radius 1 is 1.08 bits per heavy atom. The van der Waals surface area contributed by atoms with Crippen LogP contribution >= 0.6 is 0 Å². The Bertz CT molecular complexity index is 676. The number of amides is 2. The van der Waals surface area contributed by atoms with Crippen molar-refractivity contribution in [3.8, 4) is 5.75 Å². The SMILES string of the molecule is CC(C)(C)c1cc(C(=O)N2CCCC(C(N)=O)C2)cc(C(C)(C)C)c1O. The third-order valence-electron chi connectivity index (χ3n) is 5.08. The van der Waals surface area contributed by atoms with Crippen molar-refractivity contribution >= 4 is 11.8 Å². The fraction of sp³-hybridized carbons (Fsp3) is 0.619. The van der Waals surface area contributed by atoms with Gasteiger partial charge in [-0.2, -0.15) is 0 Å². The number of phenolic OH excluding ortho intramolecular Hbond substituents is 1. The lowest BCUT2D eigenvalue weighted by Gasteiger charge is -2.33. The van der Waals surface area contributed by atoms with E-state index in [-0.39, 0.29) is 34.3 Å². The van der Waals surface area contributed by atoms with E-state index in [4.69, 9.17) is 5.73 Å². The van der Waals surface area contributed by atoms with Crippen LogP contribution < -0.4 is 5.73 Å². The van der Waals surface area contributed by atoms with Gasteiger partial charge < -0.3 is 15.7 Å². The van der Waals surface area contributed by atoms with Gasteiger partial charge >= 0.3 is 0 Å². The molecule has 1 saturated heterocycles. The molecule has 5 heteroatoms. The number of piperidine rings is 1. The van der Waals surface area contributed by atoms with E-state index in [1.807, 2.05) is 41.5 Å². The third-order valence-corrected chi connectivity index (χ3v) is 5.08. The van der Waals surface area contributed by atoms with Crippen LogP contribution in [-0.2, 0) is 15.6 Å². The summed E-state index contributed by atoms with van der Waals surface area (Å²) in [6.07, 6.45) is 1.50. The molecule has 0 radical (unpaired) electrons. The first-order chi connectivity index (χ1) is 11.8. The molecule has 1 fully saturated rings. The fourth-order valence-electron chi connectivity index (χ4n) is 3.48. The Labute approximate surface area is 156 Å². The first-order valence-corrected chi connectivity index (χ1v) is 9.29. The number of benzene rings is 1. The number of nitrogens with two attached hydrogens (primary N) is 1. The minimum Gasteiger partial charge on any atom is -0.507 e. The summed E-state index contributed by atoms with van der Waals surface area (Å²) in [7, 11) is 0. The van der Waals surface area contributed by atoms with Crippen LogP contribution in [-0.4, -0.2) is 34.9 Å². The van der Waals surface area contributed by atoms with Crippen LogP contribution in [0.1, 0.15) is 75.9 Å². The molecule has 1 aromatic rings. The summed E-state index contributed by atoms with van der Waals surface area (Å²) in [5.74, 6) is -0.477. The van der Waals surface area contributed by atoms with Crippen molar-refractivity contribution in [2.45, 2.75) is 65.2 Å². The lowest BCUT2D eigenvalue weighted by atomic mass is 9.78. The summed E-state index contributed by atoms with van der Waals surface area (Å²) in [5, 5.41) is 10.8. The van der Waals surface area contributed by atoms with Gasteiger partial charge in [-0.05, 0) is 35.8 Å². The highest BCUT2D eigenvalue weighted by atomic mass is 16.3. The fourth-order valence-corrected chi connectivity index (χ4v) is 3.48. The average Bonchev–Trinajstić information content (AvgIpc) is 2.52. The minimum absolute atomic E-state index is 0.105. The number of phenols is 1. The molecule has 1 atom stereocenters. The highest BCUT2D eigenvalue weighted by Crippen LogP contribution is 2.40. The number of rotatable bonds is 2. The van der Waals surface area contributed by atoms with Gasteiger partial charge in [0.25, 0.3) is 5.91 Å². The van der Waals surface area contributed by atoms with E-state index in [0.29, 0.717) is 18.7 Å². The van der Waals surface area contributed by atoms with Crippen LogP contribution in [0.4, 0.5) is 0 Å². The second kappa shape index (κ2) is 6.93. The van der Waals surface area contributed by atoms with Crippen LogP contribution in [0.3, 0.4) is 0 Å². The van der Waals surface area contributed by atoms with Crippen molar-refractivity contribution in [1.82, 2.24) is 4.90 Å². The average molecular weight is 360 g/mol. The molecule has 3 N–H and O–H groups in total. The summed E-state index contributed by atoms with van der Waals surface area (Å²) in [6, 6.07) is 3.58. The van der Waals surface area contributed by atoms with Crippen LogP contribution in [0.2, 0.25) is 0 Å². The van der Waals surface area contributed by atoms with Gasteiger partial charge in [0.05, 0.1) is 5.92 Å². The number of nitrogens with zero attached hydrogens (tertiary/aromatic N) is 1. The highest BCUT2D eigenvalue weighted by molar-refractivity contribution is 5.95. The molecule has 0 bridgehead atoms. The Balaban J connectivity index is 2.48. The molecular formula is C21H32N2O3. The molecule has 0 aliphatic carbocycles. The van der Waals surface area contributed by atoms with Gasteiger partial charge in [0.15, 0.2) is 0 Å². The van der Waals surface area contributed by atoms with Crippen LogP contribution in [0.25, 0.3) is 0 Å². The number of hydrogen-bond acceptors (Lipinski definition) is 3. The van der Waals surface area contributed by atoms with Gasteiger partial charge in [0.2, 0.25) is 5.91 Å². The largest absolute Gasteiger partial charge is 0.507 e. The van der Waals surface area contributed by atoms with Gasteiger partial charge in [-0.3, -0.25) is 9.59 Å². The quantitative estimate of drug-likeness (QED) is 0.848. The topological polar surface area (TPSA) is 83.6 Å². The standard InChI is InChI=1S/C21H32N2O3/c1-20(2,3)15-10-14(11-16(17(15)24)21(4,5)6)19(26)23-9-7-8-13(12-23)18(22)25/h10-11,13,24H,7-9,12H2,1-6H3,(H2,22,25). The van der Waals surface area contributed by atoms with Crippen molar-refractivity contribution in [3.63, 3.8) is 0 Å². The van der Waals surface area contributed by atoms with E-state index in [1.165, 1.54) is 0 Å². The molecule has 1 aliphatic heterocycles. The number of likely N-dealkylation sites (tertiary alicyclic amines) is 1. The molecule has 2 rings (SSSR count). The zero-order valence-corrected chi connectivity index (χ0v) is 16.8. The summed E-state index contributed by atoms with van der Waals surface area (Å²) in [4.78, 5) is 26.4. The lowest BCUT2D eigenvalue weighted by molar-refractivity contribution is -0.123. The molecule has 26 heavy (non-hydrogen) atoms. The first-order valence-electron chi connectivity index (χ1n) is 9.29. The maximum atomic E-state index is 13.1. The molecule has 1 aromatic carbocycles. The van der Waals surface area contributed by atoms with Crippen molar-refractivity contribution in [2.24, 2.45) is 11.7 Å². The Kier molecular flexibility index (Phi) is 5.41. The number of hydrogen-bond donors (Lipinski definition) is 2. The van der Waals surface area contributed by atoms with Gasteiger partial charge in [0, 0.05) is 29.8 Å². The molecule has 1 unspecified atom stereocenters. The predicted molar refractivity (Wildman–Crippen MR) is 103 cm³/mol. The third kappa shape index (κ3) is 4.19. The molecule has 0 saturated carbocycles. The van der Waals surface area contributed by atoms with E-state index < -0.39 is 0 Å². The number of carbonyl (C=O) groups excluding carboxylic acids is 2. The van der Waals surface area contributed by atoms with E-state index in [2.05, 4.69) is 0 Å². The molecule has 5 nitrogen and oxygen atoms in total. The molecule has 1 heterocycles. The highest BCUT2D eigenvalue weighted by Gasteiger charge is 2.31. The zero-order chi connectivity index (χ0) is 19.9. The van der Waals surface area contributed by atoms with E-state index in [1.54, 1.807) is 17.0 Å². The summed E-state index contributed by atoms with van der Waals surface area (Å²) < 4.78 is 0. The molecule has 2 amide bonds. The van der Waals surface area contributed by atoms with Crippen LogP contribution in [0.5, 0.6) is 5.75 Å². The number of carbonyl (C=O) groups is 2. The van der Waals surface area contributed by atoms with Gasteiger partial charge in [-0.25, -0.2) is 0 Å². The second-order valence-electron chi connectivity index (χ2n) is 9.41. The lowest BCUT2D eigenvalue weighted by Crippen LogP contribution is -2.44. The van der Waals surface area contributed by atoms with E-state index >= 15 is 0 Å². The number of primary amides is 1. The normalized spacial score (nSPS) is 18.7. The minimum atomic E-state index is -0.348. The predicted octanol–water partition coefficient (Wildman–Crippen LogP) is 3.32. The van der Waals surface area contributed by atoms with Gasteiger partial charge in [-0.15, -0.1) is 0 Å². The summed E-state index contributed by atoms with van der Waals surface area (Å²) in [6.45, 7) is 13.1. The zero-order valence-electron chi connectivity index (χ0n) is 16.8. The second-order valence-corrected chi connectivity index (χ2v) is 9.41. The van der Waals surface area contributed by atoms with Crippen molar-refractivity contribution in [1.29, 1.82) is 0 Å². The van der Waals surface area contributed by atoms with Crippen molar-refractivity contribution < 1.29 is 14.7 Å². The van der Waals surface area contributed by atoms with Gasteiger partial charge in [-0.1, -0.05) is 41.5 Å². The number of aromatic hydroxyl groups is 1.